The van der Waals surface area contributed by atoms with Crippen molar-refractivity contribution in [2.45, 2.75) is 38.6 Å². The zero-order chi connectivity index (χ0) is 16.5. The zero-order valence-electron chi connectivity index (χ0n) is 14.4. The van der Waals surface area contributed by atoms with Gasteiger partial charge in [-0.25, -0.2) is 0 Å². The quantitative estimate of drug-likeness (QED) is 0.675. The normalized spacial score (nSPS) is 24.5. The number of nitrogens with one attached hydrogen (secondary N) is 1. The Morgan fingerprint density at radius 1 is 1.29 bits per heavy atom. The minimum absolute atomic E-state index is 0.421. The Labute approximate surface area is 148 Å². The molecule has 0 saturated heterocycles. The van der Waals surface area contributed by atoms with E-state index >= 15 is 0 Å². The highest BCUT2D eigenvalue weighted by Crippen LogP contribution is 2.51. The third kappa shape index (κ3) is 2.98. The van der Waals surface area contributed by atoms with Crippen molar-refractivity contribution in [3.63, 3.8) is 0 Å². The van der Waals surface area contributed by atoms with Gasteiger partial charge in [-0.2, -0.15) is 0 Å². The fourth-order valence-corrected chi connectivity index (χ4v) is 4.68. The van der Waals surface area contributed by atoms with Gasteiger partial charge in [0, 0.05) is 16.5 Å². The fraction of sp³-hybridized carbons (Fsp3) is 0.429. The largest absolute Gasteiger partial charge is 0.494 e. The lowest BCUT2D eigenvalue weighted by atomic mass is 9.79. The Morgan fingerprint density at radius 2 is 2.21 bits per heavy atom. The van der Waals surface area contributed by atoms with E-state index in [4.69, 9.17) is 4.74 Å². The summed E-state index contributed by atoms with van der Waals surface area (Å²) < 4.78 is 5.98. The molecule has 0 fully saturated rings. The average Bonchev–Trinajstić information content (AvgIpc) is 3.25. The number of fused-ring (bicyclic) bond motifs is 3. The maximum Gasteiger partial charge on any atom is 0.119 e. The molecule has 126 valence electrons. The highest BCUT2D eigenvalue weighted by atomic mass is 32.1. The summed E-state index contributed by atoms with van der Waals surface area (Å²) in [5.41, 5.74) is 2.65. The van der Waals surface area contributed by atoms with Crippen LogP contribution >= 0.6 is 11.3 Å². The second kappa shape index (κ2) is 6.64. The van der Waals surface area contributed by atoms with Crippen molar-refractivity contribution in [3.05, 3.63) is 58.3 Å². The topological polar surface area (TPSA) is 21.3 Å². The molecule has 2 nitrogen and oxygen atoms in total. The molecule has 0 amide bonds. The highest BCUT2D eigenvalue weighted by Gasteiger charge is 2.38. The minimum atomic E-state index is 0.421. The number of rotatable bonds is 5. The van der Waals surface area contributed by atoms with E-state index in [1.54, 1.807) is 0 Å². The van der Waals surface area contributed by atoms with Crippen LogP contribution in [0.2, 0.25) is 0 Å². The molecule has 2 aliphatic rings. The monoisotopic (exact) mass is 339 g/mol. The lowest BCUT2D eigenvalue weighted by Crippen LogP contribution is -2.28. The van der Waals surface area contributed by atoms with Gasteiger partial charge in [-0.05, 0) is 59.9 Å². The van der Waals surface area contributed by atoms with Crippen LogP contribution in [0.3, 0.4) is 0 Å². The van der Waals surface area contributed by atoms with Gasteiger partial charge in [-0.1, -0.05) is 32.1 Å². The summed E-state index contributed by atoms with van der Waals surface area (Å²) in [5.74, 6) is 2.80. The van der Waals surface area contributed by atoms with Crippen molar-refractivity contribution < 1.29 is 4.74 Å². The Balaban J connectivity index is 1.59. The van der Waals surface area contributed by atoms with Gasteiger partial charge in [0.1, 0.15) is 5.75 Å². The number of thiophene rings is 1. The van der Waals surface area contributed by atoms with Crippen molar-refractivity contribution in [2.24, 2.45) is 11.8 Å². The van der Waals surface area contributed by atoms with Gasteiger partial charge in [-0.15, -0.1) is 11.3 Å². The molecule has 0 bridgehead atoms. The molecule has 1 aromatic heterocycles. The zero-order valence-corrected chi connectivity index (χ0v) is 15.2. The van der Waals surface area contributed by atoms with Crippen LogP contribution in [0, 0.1) is 11.8 Å². The Bertz CT molecular complexity index is 719. The number of hydrogen-bond acceptors (Lipinski definition) is 3. The second-order valence-corrected chi connectivity index (χ2v) is 8.25. The SMILES string of the molecule is CC(C)CCOc1ccc2c(c1)C1C=CCC1C(c1cccs1)N2. The van der Waals surface area contributed by atoms with E-state index in [0.717, 1.165) is 25.2 Å². The van der Waals surface area contributed by atoms with Gasteiger partial charge in [0.25, 0.3) is 0 Å². The molecule has 2 heterocycles. The molecule has 1 N–H and O–H groups in total. The first kappa shape index (κ1) is 15.8. The summed E-state index contributed by atoms with van der Waals surface area (Å²) in [4.78, 5) is 1.44. The highest BCUT2D eigenvalue weighted by molar-refractivity contribution is 7.10. The van der Waals surface area contributed by atoms with E-state index in [1.165, 1.54) is 16.1 Å². The molecular formula is C21H25NOS. The van der Waals surface area contributed by atoms with Crippen molar-refractivity contribution in [2.75, 3.05) is 11.9 Å². The van der Waals surface area contributed by atoms with Crippen LogP contribution in [0.15, 0.2) is 47.9 Å². The molecule has 1 aliphatic carbocycles. The molecule has 0 radical (unpaired) electrons. The molecule has 24 heavy (non-hydrogen) atoms. The predicted molar refractivity (Wildman–Crippen MR) is 102 cm³/mol. The lowest BCUT2D eigenvalue weighted by molar-refractivity contribution is 0.289. The van der Waals surface area contributed by atoms with Crippen LogP contribution in [0.4, 0.5) is 5.69 Å². The summed E-state index contributed by atoms with van der Waals surface area (Å²) in [6.45, 7) is 5.27. The molecule has 4 rings (SSSR count). The number of anilines is 1. The number of ether oxygens (including phenoxy) is 1. The third-order valence-electron chi connectivity index (χ3n) is 5.15. The Hall–Kier alpha value is -1.74. The van der Waals surface area contributed by atoms with E-state index in [2.05, 4.69) is 67.0 Å². The van der Waals surface area contributed by atoms with Crippen LogP contribution in [-0.2, 0) is 0 Å². The van der Waals surface area contributed by atoms with Crippen molar-refractivity contribution in [1.29, 1.82) is 0 Å². The van der Waals surface area contributed by atoms with Crippen molar-refractivity contribution in [1.82, 2.24) is 0 Å². The number of allylic oxidation sites excluding steroid dienone is 2. The molecule has 0 saturated carbocycles. The van der Waals surface area contributed by atoms with Gasteiger partial charge in [0.05, 0.1) is 12.6 Å². The van der Waals surface area contributed by atoms with Gasteiger partial charge in [0.2, 0.25) is 0 Å². The van der Waals surface area contributed by atoms with E-state index < -0.39 is 0 Å². The second-order valence-electron chi connectivity index (χ2n) is 7.27. The lowest BCUT2D eigenvalue weighted by Gasteiger charge is -2.37. The third-order valence-corrected chi connectivity index (χ3v) is 6.10. The van der Waals surface area contributed by atoms with Crippen LogP contribution in [-0.4, -0.2) is 6.61 Å². The summed E-state index contributed by atoms with van der Waals surface area (Å²) in [6.07, 6.45) is 6.99. The molecule has 3 atom stereocenters. The van der Waals surface area contributed by atoms with Crippen LogP contribution in [0.25, 0.3) is 0 Å². The molecule has 1 aromatic carbocycles. The number of hydrogen-bond donors (Lipinski definition) is 1. The maximum atomic E-state index is 5.98. The maximum absolute atomic E-state index is 5.98. The summed E-state index contributed by atoms with van der Waals surface area (Å²) in [6, 6.07) is 11.4. The summed E-state index contributed by atoms with van der Waals surface area (Å²) in [7, 11) is 0. The molecule has 3 unspecified atom stereocenters. The van der Waals surface area contributed by atoms with Gasteiger partial charge >= 0.3 is 0 Å². The van der Waals surface area contributed by atoms with Crippen molar-refractivity contribution >= 4 is 17.0 Å². The molecule has 3 heteroatoms. The molecular weight excluding hydrogens is 314 g/mol. The molecule has 0 spiro atoms. The Morgan fingerprint density at radius 3 is 3.00 bits per heavy atom. The van der Waals surface area contributed by atoms with E-state index in [-0.39, 0.29) is 0 Å². The van der Waals surface area contributed by atoms with Crippen LogP contribution < -0.4 is 10.1 Å². The summed E-state index contributed by atoms with van der Waals surface area (Å²) >= 11 is 1.85. The van der Waals surface area contributed by atoms with Gasteiger partial charge in [-0.3, -0.25) is 0 Å². The van der Waals surface area contributed by atoms with E-state index in [1.807, 2.05) is 11.3 Å². The first-order chi connectivity index (χ1) is 11.7. The van der Waals surface area contributed by atoms with E-state index in [0.29, 0.717) is 23.8 Å². The fourth-order valence-electron chi connectivity index (χ4n) is 3.82. The predicted octanol–water partition coefficient (Wildman–Crippen LogP) is 6.00. The first-order valence-electron chi connectivity index (χ1n) is 8.95. The van der Waals surface area contributed by atoms with Crippen molar-refractivity contribution in [3.8, 4) is 5.75 Å². The summed E-state index contributed by atoms with van der Waals surface area (Å²) in [5, 5.41) is 5.96. The van der Waals surface area contributed by atoms with Gasteiger partial charge in [0.15, 0.2) is 0 Å². The minimum Gasteiger partial charge on any atom is -0.494 e. The van der Waals surface area contributed by atoms with Crippen LogP contribution in [0.5, 0.6) is 5.75 Å². The number of benzene rings is 1. The van der Waals surface area contributed by atoms with Crippen LogP contribution in [0.1, 0.15) is 49.1 Å². The standard InChI is InChI=1S/C21H25NOS/c1-14(2)10-11-23-15-8-9-19-18(13-15)16-5-3-6-17(16)21(22-19)20-7-4-12-24-20/h3-5,7-9,12-14,16-17,21-22H,6,10-11H2,1-2H3. The van der Waals surface area contributed by atoms with E-state index in [9.17, 15) is 0 Å². The molecule has 2 aromatic rings. The molecule has 1 aliphatic heterocycles. The van der Waals surface area contributed by atoms with Gasteiger partial charge < -0.3 is 10.1 Å². The first-order valence-corrected chi connectivity index (χ1v) is 9.83. The Kier molecular flexibility index (Phi) is 4.36. The smallest absolute Gasteiger partial charge is 0.119 e. The average molecular weight is 340 g/mol.